The summed E-state index contributed by atoms with van der Waals surface area (Å²) in [4.78, 5) is 5.98. The number of hydrogen-bond donors (Lipinski definition) is 1. The molecule has 2 aromatic heterocycles. The fraction of sp³-hybridized carbons (Fsp3) is 0.278. The Bertz CT molecular complexity index is 728. The molecule has 1 aromatic carbocycles. The van der Waals surface area contributed by atoms with Gasteiger partial charge in [0.15, 0.2) is 0 Å². The first-order valence-corrected chi connectivity index (χ1v) is 9.30. The number of nitrogens with zero attached hydrogens (tertiary/aromatic N) is 1. The fourth-order valence-electron chi connectivity index (χ4n) is 2.38. The molecule has 2 nitrogen and oxygen atoms in total. The summed E-state index contributed by atoms with van der Waals surface area (Å²) < 4.78 is 13.0. The van der Waals surface area contributed by atoms with Crippen molar-refractivity contribution >= 4 is 22.7 Å². The summed E-state index contributed by atoms with van der Waals surface area (Å²) in [6, 6.07) is 8.98. The second kappa shape index (κ2) is 7.34. The van der Waals surface area contributed by atoms with Gasteiger partial charge in [-0.3, -0.25) is 0 Å². The third-order valence-electron chi connectivity index (χ3n) is 3.83. The first kappa shape index (κ1) is 16.3. The minimum atomic E-state index is -0.199. The van der Waals surface area contributed by atoms with Gasteiger partial charge in [0, 0.05) is 11.4 Å². The van der Waals surface area contributed by atoms with E-state index in [-0.39, 0.29) is 11.9 Å². The van der Waals surface area contributed by atoms with E-state index in [1.54, 1.807) is 22.7 Å². The largest absolute Gasteiger partial charge is 0.304 e. The van der Waals surface area contributed by atoms with Crippen LogP contribution < -0.4 is 5.32 Å². The molecular weight excluding hydrogens is 327 g/mol. The van der Waals surface area contributed by atoms with Crippen molar-refractivity contribution in [3.63, 3.8) is 0 Å². The van der Waals surface area contributed by atoms with Gasteiger partial charge >= 0.3 is 0 Å². The first-order chi connectivity index (χ1) is 11.1. The Morgan fingerprint density at radius 1 is 1.13 bits per heavy atom. The summed E-state index contributed by atoms with van der Waals surface area (Å²) in [7, 11) is 0. The van der Waals surface area contributed by atoms with E-state index in [1.165, 1.54) is 22.6 Å². The van der Waals surface area contributed by atoms with Crippen LogP contribution in [0.25, 0.3) is 0 Å². The summed E-state index contributed by atoms with van der Waals surface area (Å²) in [6.07, 6.45) is 0.914. The lowest BCUT2D eigenvalue weighted by Crippen LogP contribution is -2.22. The average molecular weight is 346 g/mol. The predicted molar refractivity (Wildman–Crippen MR) is 95.6 cm³/mol. The molecule has 23 heavy (non-hydrogen) atoms. The number of nitrogens with one attached hydrogen (secondary N) is 1. The lowest BCUT2D eigenvalue weighted by molar-refractivity contribution is 0.527. The molecule has 1 N–H and O–H groups in total. The van der Waals surface area contributed by atoms with Crippen molar-refractivity contribution in [1.82, 2.24) is 10.3 Å². The van der Waals surface area contributed by atoms with Crippen molar-refractivity contribution in [2.24, 2.45) is 0 Å². The van der Waals surface area contributed by atoms with Gasteiger partial charge in [-0.15, -0.1) is 11.3 Å². The van der Waals surface area contributed by atoms with Crippen molar-refractivity contribution in [3.8, 4) is 0 Å². The third kappa shape index (κ3) is 4.25. The molecule has 0 aliphatic heterocycles. The second-order valence-corrected chi connectivity index (χ2v) is 7.60. The van der Waals surface area contributed by atoms with Crippen LogP contribution >= 0.6 is 22.7 Å². The van der Waals surface area contributed by atoms with Gasteiger partial charge in [-0.05, 0) is 60.4 Å². The van der Waals surface area contributed by atoms with Gasteiger partial charge < -0.3 is 5.32 Å². The van der Waals surface area contributed by atoms with Crippen LogP contribution in [0, 0.1) is 19.7 Å². The monoisotopic (exact) mass is 346 g/mol. The molecule has 0 aliphatic rings. The Labute approximate surface area is 144 Å². The molecule has 2 heterocycles. The Morgan fingerprint density at radius 3 is 2.52 bits per heavy atom. The van der Waals surface area contributed by atoms with E-state index in [0.717, 1.165) is 22.7 Å². The average Bonchev–Trinajstić information content (AvgIpc) is 3.16. The van der Waals surface area contributed by atoms with Gasteiger partial charge in [0.2, 0.25) is 0 Å². The highest BCUT2D eigenvalue weighted by atomic mass is 32.1. The van der Waals surface area contributed by atoms with Crippen molar-refractivity contribution in [2.45, 2.75) is 32.9 Å². The number of aromatic nitrogens is 1. The Morgan fingerprint density at radius 2 is 1.91 bits per heavy atom. The maximum atomic E-state index is 13.0. The topological polar surface area (TPSA) is 24.9 Å². The number of hydrogen-bond acceptors (Lipinski definition) is 4. The van der Waals surface area contributed by atoms with Gasteiger partial charge in [0.25, 0.3) is 0 Å². The van der Waals surface area contributed by atoms with Crippen molar-refractivity contribution in [1.29, 1.82) is 0 Å². The number of aryl methyl sites for hydroxylation is 2. The zero-order valence-corrected chi connectivity index (χ0v) is 14.8. The molecule has 0 radical (unpaired) electrons. The van der Waals surface area contributed by atoms with Crippen LogP contribution in [0.5, 0.6) is 0 Å². The highest BCUT2D eigenvalue weighted by Crippen LogP contribution is 2.26. The summed E-state index contributed by atoms with van der Waals surface area (Å²) in [5.74, 6) is -0.199. The Hall–Kier alpha value is -1.56. The van der Waals surface area contributed by atoms with Gasteiger partial charge in [-0.1, -0.05) is 12.1 Å². The van der Waals surface area contributed by atoms with Crippen LogP contribution in [0.3, 0.4) is 0 Å². The molecule has 0 fully saturated rings. The van der Waals surface area contributed by atoms with Crippen LogP contribution in [-0.4, -0.2) is 4.98 Å². The van der Waals surface area contributed by atoms with E-state index in [9.17, 15) is 4.39 Å². The molecular formula is C18H19FN2S2. The highest BCUT2D eigenvalue weighted by molar-refractivity contribution is 7.11. The molecule has 0 saturated heterocycles. The van der Waals surface area contributed by atoms with Crippen LogP contribution in [0.15, 0.2) is 41.1 Å². The Kier molecular flexibility index (Phi) is 5.20. The standard InChI is InChI=1S/C18H19FN2S2/c1-12-13(2)23-18(21-12)17(9-15-7-8-22-11-15)20-10-14-3-5-16(19)6-4-14/h3-8,11,17,20H,9-10H2,1-2H3. The molecule has 3 aromatic rings. The van der Waals surface area contributed by atoms with Crippen molar-refractivity contribution in [2.75, 3.05) is 0 Å². The van der Waals surface area contributed by atoms with Gasteiger partial charge in [-0.25, -0.2) is 9.37 Å². The number of thiophene rings is 1. The lowest BCUT2D eigenvalue weighted by Gasteiger charge is -2.16. The molecule has 120 valence electrons. The lowest BCUT2D eigenvalue weighted by atomic mass is 10.1. The predicted octanol–water partition coefficient (Wildman–Crippen LogP) is 5.03. The fourth-order valence-corrected chi connectivity index (χ4v) is 4.06. The number of rotatable bonds is 6. The van der Waals surface area contributed by atoms with Gasteiger partial charge in [0.1, 0.15) is 10.8 Å². The molecule has 0 amide bonds. The SMILES string of the molecule is Cc1nc(C(Cc2ccsc2)NCc2ccc(F)cc2)sc1C. The summed E-state index contributed by atoms with van der Waals surface area (Å²) in [5, 5.41) is 8.98. The summed E-state index contributed by atoms with van der Waals surface area (Å²) >= 11 is 3.47. The minimum absolute atomic E-state index is 0.173. The summed E-state index contributed by atoms with van der Waals surface area (Å²) in [6.45, 7) is 4.86. The highest BCUT2D eigenvalue weighted by Gasteiger charge is 2.17. The van der Waals surface area contributed by atoms with Crippen molar-refractivity contribution in [3.05, 3.63) is 73.6 Å². The van der Waals surface area contributed by atoms with E-state index < -0.39 is 0 Å². The molecule has 3 rings (SSSR count). The second-order valence-electron chi connectivity index (χ2n) is 5.59. The normalized spacial score (nSPS) is 12.5. The number of halogens is 1. The van der Waals surface area contributed by atoms with E-state index in [4.69, 9.17) is 4.98 Å². The Balaban J connectivity index is 1.75. The number of benzene rings is 1. The van der Waals surface area contributed by atoms with E-state index in [0.29, 0.717) is 6.54 Å². The molecule has 5 heteroatoms. The summed E-state index contributed by atoms with van der Waals surface area (Å²) in [5.41, 5.74) is 3.49. The molecule has 0 saturated carbocycles. The van der Waals surface area contributed by atoms with Gasteiger partial charge in [-0.2, -0.15) is 11.3 Å². The van der Waals surface area contributed by atoms with E-state index in [2.05, 4.69) is 36.0 Å². The van der Waals surface area contributed by atoms with Crippen LogP contribution in [0.1, 0.15) is 32.7 Å². The zero-order valence-electron chi connectivity index (χ0n) is 13.2. The molecule has 0 aliphatic carbocycles. The van der Waals surface area contributed by atoms with E-state index >= 15 is 0 Å². The van der Waals surface area contributed by atoms with Gasteiger partial charge in [0.05, 0.1) is 11.7 Å². The van der Waals surface area contributed by atoms with Crippen LogP contribution in [-0.2, 0) is 13.0 Å². The molecule has 1 atom stereocenters. The first-order valence-electron chi connectivity index (χ1n) is 7.54. The zero-order chi connectivity index (χ0) is 16.2. The quantitative estimate of drug-likeness (QED) is 0.677. The number of thiazole rings is 1. The third-order valence-corrected chi connectivity index (χ3v) is 5.75. The maximum absolute atomic E-state index is 13.0. The molecule has 0 bridgehead atoms. The smallest absolute Gasteiger partial charge is 0.123 e. The van der Waals surface area contributed by atoms with Crippen LogP contribution in [0.2, 0.25) is 0 Å². The molecule has 0 spiro atoms. The van der Waals surface area contributed by atoms with E-state index in [1.807, 2.05) is 12.1 Å². The van der Waals surface area contributed by atoms with Crippen molar-refractivity contribution < 1.29 is 4.39 Å². The van der Waals surface area contributed by atoms with Crippen LogP contribution in [0.4, 0.5) is 4.39 Å². The molecule has 1 unspecified atom stereocenters. The maximum Gasteiger partial charge on any atom is 0.123 e. The minimum Gasteiger partial charge on any atom is -0.304 e.